The molecular formula is C15H27NO4. The molecule has 116 valence electrons. The third-order valence-corrected chi connectivity index (χ3v) is 3.13. The highest BCUT2D eigenvalue weighted by Gasteiger charge is 2.23. The van der Waals surface area contributed by atoms with Gasteiger partial charge in [0.1, 0.15) is 11.9 Å². The number of amides is 1. The Balaban J connectivity index is 0.000000584. The molecule has 2 rings (SSSR count). The smallest absolute Gasteiger partial charge is 0.408 e. The van der Waals surface area contributed by atoms with Gasteiger partial charge in [-0.25, -0.2) is 4.79 Å². The summed E-state index contributed by atoms with van der Waals surface area (Å²) in [5.41, 5.74) is -0.523. The molecule has 1 saturated carbocycles. The Morgan fingerprint density at radius 1 is 1.35 bits per heavy atom. The minimum Gasteiger partial charge on any atom is -0.444 e. The largest absolute Gasteiger partial charge is 0.444 e. The molecule has 1 heterocycles. The molecule has 5 nitrogen and oxygen atoms in total. The van der Waals surface area contributed by atoms with Crippen LogP contribution < -0.4 is 5.32 Å². The van der Waals surface area contributed by atoms with E-state index in [1.807, 2.05) is 0 Å². The second kappa shape index (κ2) is 8.25. The van der Waals surface area contributed by atoms with Gasteiger partial charge < -0.3 is 19.6 Å². The molecule has 2 aliphatic rings. The molecule has 0 radical (unpaired) electrons. The molecule has 5 heteroatoms. The van der Waals surface area contributed by atoms with Gasteiger partial charge in [-0.05, 0) is 33.1 Å². The Morgan fingerprint density at radius 3 is 2.30 bits per heavy atom. The molecule has 0 aromatic rings. The molecule has 20 heavy (non-hydrogen) atoms. The molecule has 1 atom stereocenters. The van der Waals surface area contributed by atoms with Crippen molar-refractivity contribution in [3.63, 3.8) is 0 Å². The standard InChI is InChI=1S/C13H23NO3.C2H4O/c1-13(2,3)17-12(16)14-11(9-15)8-10-6-4-5-7-10;1-2-3-1/h9-11H,4-8H2,1-3H3,(H,14,16);1-2H2/t11-;/m0./s1. The van der Waals surface area contributed by atoms with E-state index >= 15 is 0 Å². The van der Waals surface area contributed by atoms with Crippen molar-refractivity contribution in [2.45, 2.75) is 64.5 Å². The molecule has 1 N–H and O–H groups in total. The SMILES string of the molecule is C1CO1.CC(C)(C)OC(=O)N[C@H](C=O)CC1CCCC1. The van der Waals surface area contributed by atoms with Crippen molar-refractivity contribution in [2.24, 2.45) is 5.92 Å². The lowest BCUT2D eigenvalue weighted by Gasteiger charge is -2.22. The number of hydrogen-bond donors (Lipinski definition) is 1. The number of alkyl carbamates (subject to hydrolysis) is 1. The van der Waals surface area contributed by atoms with Crippen LogP contribution in [0.1, 0.15) is 52.9 Å². The molecule has 0 bridgehead atoms. The first-order valence-electron chi connectivity index (χ1n) is 7.43. The number of epoxide rings is 1. The van der Waals surface area contributed by atoms with Crippen LogP contribution in [0.25, 0.3) is 0 Å². The van der Waals surface area contributed by atoms with Gasteiger partial charge in [-0.1, -0.05) is 25.7 Å². The molecular weight excluding hydrogens is 258 g/mol. The summed E-state index contributed by atoms with van der Waals surface area (Å²) in [7, 11) is 0. The second-order valence-electron chi connectivity index (χ2n) is 6.39. The van der Waals surface area contributed by atoms with Crippen molar-refractivity contribution in [3.05, 3.63) is 0 Å². The Hall–Kier alpha value is -1.10. The van der Waals surface area contributed by atoms with Gasteiger partial charge in [0.2, 0.25) is 0 Å². The average Bonchev–Trinajstić information content (AvgIpc) is 3.13. The minimum atomic E-state index is -0.523. The molecule has 1 aliphatic heterocycles. The van der Waals surface area contributed by atoms with Gasteiger partial charge in [-0.3, -0.25) is 0 Å². The van der Waals surface area contributed by atoms with Crippen molar-refractivity contribution < 1.29 is 19.1 Å². The Morgan fingerprint density at radius 2 is 1.90 bits per heavy atom. The highest BCUT2D eigenvalue weighted by atomic mass is 16.6. The lowest BCUT2D eigenvalue weighted by atomic mass is 9.99. The van der Waals surface area contributed by atoms with Gasteiger partial charge in [0.05, 0.1) is 19.3 Å². The van der Waals surface area contributed by atoms with E-state index < -0.39 is 17.7 Å². The minimum absolute atomic E-state index is 0.409. The van der Waals surface area contributed by atoms with Crippen molar-refractivity contribution in [1.29, 1.82) is 0 Å². The fourth-order valence-electron chi connectivity index (χ4n) is 2.21. The van der Waals surface area contributed by atoms with Crippen LogP contribution in [0, 0.1) is 5.92 Å². The molecule has 1 aliphatic carbocycles. The van der Waals surface area contributed by atoms with Crippen LogP contribution in [-0.2, 0) is 14.3 Å². The molecule has 2 fully saturated rings. The summed E-state index contributed by atoms with van der Waals surface area (Å²) >= 11 is 0. The van der Waals surface area contributed by atoms with Gasteiger partial charge in [0, 0.05) is 0 Å². The number of carbonyl (C=O) groups is 2. The van der Waals surface area contributed by atoms with Crippen LogP contribution in [-0.4, -0.2) is 37.2 Å². The number of rotatable bonds is 4. The van der Waals surface area contributed by atoms with E-state index in [2.05, 4.69) is 10.1 Å². The summed E-state index contributed by atoms with van der Waals surface area (Å²) in [5, 5.41) is 2.62. The van der Waals surface area contributed by atoms with Crippen LogP contribution in [0.5, 0.6) is 0 Å². The second-order valence-corrected chi connectivity index (χ2v) is 6.39. The van der Waals surface area contributed by atoms with E-state index in [1.54, 1.807) is 20.8 Å². The molecule has 1 saturated heterocycles. The highest BCUT2D eigenvalue weighted by molar-refractivity contribution is 5.73. The zero-order valence-corrected chi connectivity index (χ0v) is 12.8. The summed E-state index contributed by atoms with van der Waals surface area (Å²) < 4.78 is 9.63. The van der Waals surface area contributed by atoms with E-state index in [1.165, 1.54) is 25.7 Å². The van der Waals surface area contributed by atoms with Crippen molar-refractivity contribution in [1.82, 2.24) is 5.32 Å². The monoisotopic (exact) mass is 285 g/mol. The molecule has 0 spiro atoms. The average molecular weight is 285 g/mol. The first-order valence-corrected chi connectivity index (χ1v) is 7.43. The molecule has 0 aromatic heterocycles. The number of ether oxygens (including phenoxy) is 2. The van der Waals surface area contributed by atoms with Crippen LogP contribution in [0.4, 0.5) is 4.79 Å². The van der Waals surface area contributed by atoms with Crippen LogP contribution in [0.15, 0.2) is 0 Å². The summed E-state index contributed by atoms with van der Waals surface area (Å²) in [6.45, 7) is 7.42. The summed E-state index contributed by atoms with van der Waals surface area (Å²) in [5.74, 6) is 0.570. The lowest BCUT2D eigenvalue weighted by Crippen LogP contribution is -2.40. The summed E-state index contributed by atoms with van der Waals surface area (Å²) in [6, 6.07) is -0.409. The van der Waals surface area contributed by atoms with Crippen LogP contribution in [0.3, 0.4) is 0 Å². The van der Waals surface area contributed by atoms with E-state index in [9.17, 15) is 9.59 Å². The first kappa shape index (κ1) is 17.0. The number of hydrogen-bond acceptors (Lipinski definition) is 4. The Labute approximate surface area is 121 Å². The van der Waals surface area contributed by atoms with Crippen molar-refractivity contribution in [3.8, 4) is 0 Å². The maximum Gasteiger partial charge on any atom is 0.408 e. The maximum absolute atomic E-state index is 11.5. The summed E-state index contributed by atoms with van der Waals surface area (Å²) in [4.78, 5) is 22.4. The van der Waals surface area contributed by atoms with Gasteiger partial charge in [0.15, 0.2) is 0 Å². The maximum atomic E-state index is 11.5. The molecule has 0 aromatic carbocycles. The van der Waals surface area contributed by atoms with Crippen molar-refractivity contribution >= 4 is 12.4 Å². The van der Waals surface area contributed by atoms with Gasteiger partial charge >= 0.3 is 6.09 Å². The van der Waals surface area contributed by atoms with Gasteiger partial charge in [-0.2, -0.15) is 0 Å². The Bertz CT molecular complexity index is 301. The van der Waals surface area contributed by atoms with E-state index in [-0.39, 0.29) is 0 Å². The zero-order valence-electron chi connectivity index (χ0n) is 12.8. The summed E-state index contributed by atoms with van der Waals surface area (Å²) in [6.07, 6.45) is 5.85. The third-order valence-electron chi connectivity index (χ3n) is 3.13. The molecule has 0 unspecified atom stereocenters. The molecule has 1 amide bonds. The zero-order chi connectivity index (χ0) is 15.0. The normalized spacial score (nSPS) is 19.6. The van der Waals surface area contributed by atoms with E-state index in [0.29, 0.717) is 5.92 Å². The van der Waals surface area contributed by atoms with E-state index in [4.69, 9.17) is 4.74 Å². The number of nitrogens with one attached hydrogen (secondary N) is 1. The fraction of sp³-hybridized carbons (Fsp3) is 0.867. The van der Waals surface area contributed by atoms with Gasteiger partial charge in [0.25, 0.3) is 0 Å². The third kappa shape index (κ3) is 8.91. The number of carbonyl (C=O) groups excluding carboxylic acids is 2. The predicted octanol–water partition coefficient (Wildman–Crippen LogP) is 2.68. The first-order chi connectivity index (χ1) is 9.40. The predicted molar refractivity (Wildman–Crippen MR) is 76.6 cm³/mol. The topological polar surface area (TPSA) is 67.9 Å². The van der Waals surface area contributed by atoms with E-state index in [0.717, 1.165) is 25.9 Å². The Kier molecular flexibility index (Phi) is 6.99. The number of aldehydes is 1. The highest BCUT2D eigenvalue weighted by Crippen LogP contribution is 2.28. The van der Waals surface area contributed by atoms with Crippen LogP contribution in [0.2, 0.25) is 0 Å². The van der Waals surface area contributed by atoms with Crippen LogP contribution >= 0.6 is 0 Å². The quantitative estimate of drug-likeness (QED) is 0.637. The fourth-order valence-corrected chi connectivity index (χ4v) is 2.21. The van der Waals surface area contributed by atoms with Gasteiger partial charge in [-0.15, -0.1) is 0 Å². The lowest BCUT2D eigenvalue weighted by molar-refractivity contribution is -0.110. The van der Waals surface area contributed by atoms with Crippen molar-refractivity contribution in [2.75, 3.05) is 13.2 Å².